The third kappa shape index (κ3) is 5.85. The Kier molecular flexibility index (Phi) is 7.53. The Bertz CT molecular complexity index is 179. The predicted molar refractivity (Wildman–Crippen MR) is 58.3 cm³/mol. The second kappa shape index (κ2) is 7.77. The fraction of sp³-hybridized carbons (Fsp3) is 0.875. The average Bonchev–Trinajstić information content (AvgIpc) is 2.24. The first-order valence-corrected chi connectivity index (χ1v) is 6.68. The molecule has 0 aromatic heterocycles. The standard InChI is InChI=1S/C8H20N2O4Si/c1-12-15(13-2,14-3)6-4-5-10-7-8(9)11/h10H,4-7H2,1-3H3,(H2,9,11). The van der Waals surface area contributed by atoms with Gasteiger partial charge in [0.05, 0.1) is 6.54 Å². The van der Waals surface area contributed by atoms with Crippen LogP contribution in [0.2, 0.25) is 6.04 Å². The topological polar surface area (TPSA) is 82.8 Å². The summed E-state index contributed by atoms with van der Waals surface area (Å²) in [4.78, 5) is 10.4. The monoisotopic (exact) mass is 236 g/mol. The van der Waals surface area contributed by atoms with Gasteiger partial charge in [-0.15, -0.1) is 0 Å². The van der Waals surface area contributed by atoms with Crippen LogP contribution in [-0.2, 0) is 18.1 Å². The summed E-state index contributed by atoms with van der Waals surface area (Å²) >= 11 is 0. The number of hydrogen-bond acceptors (Lipinski definition) is 5. The molecule has 0 bridgehead atoms. The van der Waals surface area contributed by atoms with E-state index in [1.807, 2.05) is 0 Å². The fourth-order valence-electron chi connectivity index (χ4n) is 1.20. The van der Waals surface area contributed by atoms with Crippen LogP contribution < -0.4 is 11.1 Å². The van der Waals surface area contributed by atoms with Gasteiger partial charge >= 0.3 is 8.80 Å². The molecule has 90 valence electrons. The molecule has 6 nitrogen and oxygen atoms in total. The van der Waals surface area contributed by atoms with Crippen LogP contribution in [0.15, 0.2) is 0 Å². The van der Waals surface area contributed by atoms with E-state index in [9.17, 15) is 4.79 Å². The molecular weight excluding hydrogens is 216 g/mol. The van der Waals surface area contributed by atoms with Crippen LogP contribution in [-0.4, -0.2) is 49.1 Å². The molecule has 15 heavy (non-hydrogen) atoms. The van der Waals surface area contributed by atoms with E-state index in [2.05, 4.69) is 5.32 Å². The first-order valence-electron chi connectivity index (χ1n) is 4.74. The van der Waals surface area contributed by atoms with Gasteiger partial charge < -0.3 is 24.3 Å². The summed E-state index contributed by atoms with van der Waals surface area (Å²) < 4.78 is 15.7. The minimum atomic E-state index is -2.45. The van der Waals surface area contributed by atoms with Gasteiger partial charge in [-0.1, -0.05) is 0 Å². The third-order valence-electron chi connectivity index (χ3n) is 2.07. The van der Waals surface area contributed by atoms with Crippen LogP contribution in [0.1, 0.15) is 6.42 Å². The summed E-state index contributed by atoms with van der Waals surface area (Å²) in [7, 11) is 2.29. The Morgan fingerprint density at radius 1 is 1.27 bits per heavy atom. The highest BCUT2D eigenvalue weighted by Gasteiger charge is 2.36. The Balaban J connectivity index is 3.67. The van der Waals surface area contributed by atoms with Crippen LogP contribution in [0.4, 0.5) is 0 Å². The van der Waals surface area contributed by atoms with E-state index < -0.39 is 8.80 Å². The third-order valence-corrected chi connectivity index (χ3v) is 4.90. The smallest absolute Gasteiger partial charge is 0.377 e. The van der Waals surface area contributed by atoms with Gasteiger partial charge in [0.15, 0.2) is 0 Å². The lowest BCUT2D eigenvalue weighted by Gasteiger charge is -2.24. The molecule has 0 rings (SSSR count). The molecule has 0 aliphatic rings. The molecular formula is C8H20N2O4Si. The van der Waals surface area contributed by atoms with Gasteiger partial charge in [0, 0.05) is 27.4 Å². The summed E-state index contributed by atoms with van der Waals surface area (Å²) in [6, 6.07) is 0.711. The number of carbonyl (C=O) groups is 1. The highest BCUT2D eigenvalue weighted by molar-refractivity contribution is 6.60. The SMILES string of the molecule is CO[Si](CCCNCC(N)=O)(OC)OC. The maximum atomic E-state index is 10.4. The highest BCUT2D eigenvalue weighted by Crippen LogP contribution is 2.13. The molecule has 0 aliphatic carbocycles. The number of amides is 1. The van der Waals surface area contributed by atoms with E-state index in [1.54, 1.807) is 21.3 Å². The molecule has 7 heteroatoms. The van der Waals surface area contributed by atoms with Gasteiger partial charge in [0.25, 0.3) is 0 Å². The van der Waals surface area contributed by atoms with Crippen molar-refractivity contribution in [2.45, 2.75) is 12.5 Å². The van der Waals surface area contributed by atoms with Crippen molar-refractivity contribution in [3.8, 4) is 0 Å². The highest BCUT2D eigenvalue weighted by atomic mass is 28.4. The van der Waals surface area contributed by atoms with E-state index in [-0.39, 0.29) is 12.5 Å². The zero-order valence-corrected chi connectivity index (χ0v) is 10.5. The Labute approximate surface area is 91.4 Å². The molecule has 0 unspecified atom stereocenters. The number of hydrogen-bond donors (Lipinski definition) is 2. The van der Waals surface area contributed by atoms with Crippen molar-refractivity contribution >= 4 is 14.7 Å². The molecule has 0 saturated carbocycles. The first kappa shape index (κ1) is 14.5. The molecule has 0 atom stereocenters. The van der Waals surface area contributed by atoms with Crippen LogP contribution in [0.25, 0.3) is 0 Å². The van der Waals surface area contributed by atoms with E-state index in [0.29, 0.717) is 12.6 Å². The lowest BCUT2D eigenvalue weighted by atomic mass is 10.4. The first-order chi connectivity index (χ1) is 7.10. The lowest BCUT2D eigenvalue weighted by molar-refractivity contribution is -0.117. The zero-order chi connectivity index (χ0) is 11.7. The quantitative estimate of drug-likeness (QED) is 0.410. The van der Waals surface area contributed by atoms with Gasteiger partial charge in [0.2, 0.25) is 5.91 Å². The van der Waals surface area contributed by atoms with Crippen LogP contribution >= 0.6 is 0 Å². The second-order valence-corrected chi connectivity index (χ2v) is 6.13. The van der Waals surface area contributed by atoms with Crippen LogP contribution in [0, 0.1) is 0 Å². The number of rotatable bonds is 9. The van der Waals surface area contributed by atoms with Crippen molar-refractivity contribution in [3.63, 3.8) is 0 Å². The normalized spacial score (nSPS) is 11.7. The molecule has 3 N–H and O–H groups in total. The molecule has 0 heterocycles. The molecule has 0 aromatic carbocycles. The Morgan fingerprint density at radius 3 is 2.20 bits per heavy atom. The van der Waals surface area contributed by atoms with Crippen LogP contribution in [0.3, 0.4) is 0 Å². The van der Waals surface area contributed by atoms with Gasteiger partial charge in [-0.05, 0) is 13.0 Å². The molecule has 0 spiro atoms. The van der Waals surface area contributed by atoms with Crippen molar-refractivity contribution < 1.29 is 18.1 Å². The molecule has 0 radical (unpaired) electrons. The minimum absolute atomic E-state index is 0.196. The van der Waals surface area contributed by atoms with Crippen molar-refractivity contribution in [2.75, 3.05) is 34.4 Å². The molecule has 0 aliphatic heterocycles. The maximum Gasteiger partial charge on any atom is 0.500 e. The molecule has 0 saturated heterocycles. The summed E-state index contributed by atoms with van der Waals surface area (Å²) in [5, 5.41) is 2.91. The zero-order valence-electron chi connectivity index (χ0n) is 9.54. The largest absolute Gasteiger partial charge is 0.500 e. The van der Waals surface area contributed by atoms with E-state index >= 15 is 0 Å². The van der Waals surface area contributed by atoms with Gasteiger partial charge in [0.1, 0.15) is 0 Å². The summed E-state index contributed by atoms with van der Waals surface area (Å²) in [6.45, 7) is 0.884. The van der Waals surface area contributed by atoms with E-state index in [1.165, 1.54) is 0 Å². The second-order valence-electron chi connectivity index (χ2n) is 3.04. The number of nitrogens with two attached hydrogens (primary N) is 1. The van der Waals surface area contributed by atoms with Gasteiger partial charge in [-0.25, -0.2) is 0 Å². The van der Waals surface area contributed by atoms with Crippen molar-refractivity contribution in [3.05, 3.63) is 0 Å². The van der Waals surface area contributed by atoms with E-state index in [4.69, 9.17) is 19.0 Å². The Morgan fingerprint density at radius 2 is 1.80 bits per heavy atom. The van der Waals surface area contributed by atoms with Gasteiger partial charge in [-0.2, -0.15) is 0 Å². The van der Waals surface area contributed by atoms with Gasteiger partial charge in [-0.3, -0.25) is 4.79 Å². The van der Waals surface area contributed by atoms with E-state index in [0.717, 1.165) is 6.42 Å². The van der Waals surface area contributed by atoms with Crippen molar-refractivity contribution in [1.82, 2.24) is 5.32 Å². The summed E-state index contributed by atoms with van der Waals surface area (Å²) in [5.74, 6) is -0.358. The van der Waals surface area contributed by atoms with Crippen LogP contribution in [0.5, 0.6) is 0 Å². The number of carbonyl (C=O) groups excluding carboxylic acids is 1. The number of nitrogens with one attached hydrogen (secondary N) is 1. The Hall–Kier alpha value is -0.473. The van der Waals surface area contributed by atoms with Crippen molar-refractivity contribution in [2.24, 2.45) is 5.73 Å². The molecule has 0 fully saturated rings. The maximum absolute atomic E-state index is 10.4. The minimum Gasteiger partial charge on any atom is -0.377 e. The predicted octanol–water partition coefficient (Wildman–Crippen LogP) is -0.670. The summed E-state index contributed by atoms with van der Waals surface area (Å²) in [6.07, 6.45) is 0.815. The van der Waals surface area contributed by atoms with Crippen molar-refractivity contribution in [1.29, 1.82) is 0 Å². The lowest BCUT2D eigenvalue weighted by Crippen LogP contribution is -2.43. The summed E-state index contributed by atoms with van der Waals surface area (Å²) in [5.41, 5.74) is 4.97. The fourth-order valence-corrected chi connectivity index (χ4v) is 2.92. The molecule has 1 amide bonds. The number of primary amides is 1. The average molecular weight is 236 g/mol. The molecule has 0 aromatic rings.